The molecule has 5 heteroatoms. The third-order valence-electron chi connectivity index (χ3n) is 2.83. The zero-order valence-corrected chi connectivity index (χ0v) is 11.3. The van der Waals surface area contributed by atoms with Gasteiger partial charge in [-0.3, -0.25) is 4.79 Å². The Labute approximate surface area is 121 Å². The zero-order valence-electron chi connectivity index (χ0n) is 11.3. The Morgan fingerprint density at radius 3 is 2.52 bits per heavy atom. The van der Waals surface area contributed by atoms with Crippen molar-refractivity contribution >= 4 is 5.78 Å². The molecule has 4 nitrogen and oxygen atoms in total. The summed E-state index contributed by atoms with van der Waals surface area (Å²) in [4.78, 5) is 11.9. The fourth-order valence-corrected chi connectivity index (χ4v) is 1.70. The predicted molar refractivity (Wildman–Crippen MR) is 73.9 cm³/mol. The molecule has 0 unspecified atom stereocenters. The Bertz CT molecular complexity index is 690. The Hall–Kier alpha value is -2.87. The van der Waals surface area contributed by atoms with Gasteiger partial charge in [0.25, 0.3) is 0 Å². The van der Waals surface area contributed by atoms with Crippen molar-refractivity contribution in [2.45, 2.75) is 0 Å². The molecule has 0 spiro atoms. The number of hydrogen-bond donors (Lipinski definition) is 0. The summed E-state index contributed by atoms with van der Waals surface area (Å²) in [6.45, 7) is -0.211. The van der Waals surface area contributed by atoms with E-state index in [9.17, 15) is 9.18 Å². The number of hydrogen-bond acceptors (Lipinski definition) is 4. The van der Waals surface area contributed by atoms with E-state index >= 15 is 0 Å². The topological polar surface area (TPSA) is 59.3 Å². The molecule has 0 fully saturated rings. The molecule has 0 aliphatic heterocycles. The van der Waals surface area contributed by atoms with E-state index in [0.717, 1.165) is 6.07 Å². The van der Waals surface area contributed by atoms with E-state index in [0.29, 0.717) is 11.3 Å². The van der Waals surface area contributed by atoms with Gasteiger partial charge in [-0.1, -0.05) is 0 Å². The van der Waals surface area contributed by atoms with Crippen molar-refractivity contribution in [1.29, 1.82) is 5.26 Å². The first-order valence-corrected chi connectivity index (χ1v) is 6.13. The minimum atomic E-state index is -0.596. The number of ketones is 1. The van der Waals surface area contributed by atoms with Crippen molar-refractivity contribution in [1.82, 2.24) is 0 Å². The zero-order chi connectivity index (χ0) is 15.2. The van der Waals surface area contributed by atoms with Crippen molar-refractivity contribution in [3.05, 3.63) is 59.4 Å². The van der Waals surface area contributed by atoms with Gasteiger partial charge in [0, 0.05) is 5.56 Å². The van der Waals surface area contributed by atoms with Gasteiger partial charge in [-0.25, -0.2) is 4.39 Å². The lowest BCUT2D eigenvalue weighted by molar-refractivity contribution is 0.0921. The van der Waals surface area contributed by atoms with Gasteiger partial charge in [-0.2, -0.15) is 5.26 Å². The highest BCUT2D eigenvalue weighted by Crippen LogP contribution is 2.18. The molecule has 2 aromatic rings. The van der Waals surface area contributed by atoms with Crippen LogP contribution in [0.1, 0.15) is 15.9 Å². The Kier molecular flexibility index (Phi) is 4.52. The van der Waals surface area contributed by atoms with Crippen LogP contribution >= 0.6 is 0 Å². The highest BCUT2D eigenvalue weighted by molar-refractivity contribution is 5.97. The lowest BCUT2D eigenvalue weighted by atomic mass is 10.1. The van der Waals surface area contributed by atoms with Crippen LogP contribution in [0.25, 0.3) is 0 Å². The van der Waals surface area contributed by atoms with E-state index in [1.54, 1.807) is 24.3 Å². The van der Waals surface area contributed by atoms with Crippen LogP contribution in [-0.2, 0) is 0 Å². The van der Waals surface area contributed by atoms with Crippen molar-refractivity contribution in [3.63, 3.8) is 0 Å². The van der Waals surface area contributed by atoms with Crippen LogP contribution < -0.4 is 9.47 Å². The summed E-state index contributed by atoms with van der Waals surface area (Å²) in [5.41, 5.74) is 0.716. The number of carbonyl (C=O) groups excluding carboxylic acids is 1. The maximum Gasteiger partial charge on any atom is 0.200 e. The van der Waals surface area contributed by atoms with Crippen LogP contribution in [-0.4, -0.2) is 19.5 Å². The second-order valence-corrected chi connectivity index (χ2v) is 4.20. The van der Waals surface area contributed by atoms with E-state index in [4.69, 9.17) is 14.7 Å². The second kappa shape index (κ2) is 6.53. The highest BCUT2D eigenvalue weighted by Gasteiger charge is 2.11. The molecule has 21 heavy (non-hydrogen) atoms. The standard InChI is InChI=1S/C16H12FNO3/c1-20-16-7-4-12(8-14(16)17)15(19)10-21-13-5-2-11(9-18)3-6-13/h2-8H,10H2,1H3. The van der Waals surface area contributed by atoms with Gasteiger partial charge in [-0.05, 0) is 42.5 Å². The van der Waals surface area contributed by atoms with E-state index < -0.39 is 5.82 Å². The third-order valence-corrected chi connectivity index (χ3v) is 2.83. The van der Waals surface area contributed by atoms with E-state index in [1.807, 2.05) is 6.07 Å². The van der Waals surface area contributed by atoms with Crippen LogP contribution in [0.15, 0.2) is 42.5 Å². The molecule has 0 saturated heterocycles. The molecular formula is C16H12FNO3. The van der Waals surface area contributed by atoms with Crippen molar-refractivity contribution < 1.29 is 18.7 Å². The molecule has 0 radical (unpaired) electrons. The number of methoxy groups -OCH3 is 1. The number of halogens is 1. The number of nitriles is 1. The maximum atomic E-state index is 13.5. The Morgan fingerprint density at radius 2 is 1.95 bits per heavy atom. The Balaban J connectivity index is 2.01. The van der Waals surface area contributed by atoms with Gasteiger partial charge in [-0.15, -0.1) is 0 Å². The van der Waals surface area contributed by atoms with Crippen molar-refractivity contribution in [2.24, 2.45) is 0 Å². The van der Waals surface area contributed by atoms with Crippen LogP contribution in [0.3, 0.4) is 0 Å². The summed E-state index contributed by atoms with van der Waals surface area (Å²) in [7, 11) is 1.36. The average molecular weight is 285 g/mol. The number of carbonyl (C=O) groups is 1. The molecule has 0 aliphatic carbocycles. The first-order valence-electron chi connectivity index (χ1n) is 6.13. The SMILES string of the molecule is COc1ccc(C(=O)COc2ccc(C#N)cc2)cc1F. The normalized spacial score (nSPS) is 9.76. The van der Waals surface area contributed by atoms with E-state index in [-0.39, 0.29) is 23.7 Å². The van der Waals surface area contributed by atoms with Gasteiger partial charge >= 0.3 is 0 Å². The first kappa shape index (κ1) is 14.5. The molecule has 0 atom stereocenters. The number of rotatable bonds is 5. The van der Waals surface area contributed by atoms with Gasteiger partial charge in [0.1, 0.15) is 5.75 Å². The molecule has 0 bridgehead atoms. The lowest BCUT2D eigenvalue weighted by Gasteiger charge is -2.07. The minimum Gasteiger partial charge on any atom is -0.494 e. The smallest absolute Gasteiger partial charge is 0.200 e. The number of nitrogens with zero attached hydrogens (tertiary/aromatic N) is 1. The molecular weight excluding hydrogens is 273 g/mol. The predicted octanol–water partition coefficient (Wildman–Crippen LogP) is 2.97. The van der Waals surface area contributed by atoms with Gasteiger partial charge < -0.3 is 9.47 Å². The van der Waals surface area contributed by atoms with Gasteiger partial charge in [0.15, 0.2) is 24.0 Å². The van der Waals surface area contributed by atoms with Gasteiger partial charge in [0.2, 0.25) is 0 Å². The molecule has 0 saturated carbocycles. The summed E-state index contributed by atoms with van der Waals surface area (Å²) in [6, 6.07) is 12.3. The Morgan fingerprint density at radius 1 is 1.24 bits per heavy atom. The highest BCUT2D eigenvalue weighted by atomic mass is 19.1. The average Bonchev–Trinajstić information content (AvgIpc) is 2.53. The molecule has 0 heterocycles. The van der Waals surface area contributed by atoms with E-state index in [1.165, 1.54) is 19.2 Å². The van der Waals surface area contributed by atoms with Crippen LogP contribution in [0.4, 0.5) is 4.39 Å². The largest absolute Gasteiger partial charge is 0.494 e. The summed E-state index contributed by atoms with van der Waals surface area (Å²) in [6.07, 6.45) is 0. The summed E-state index contributed by atoms with van der Waals surface area (Å²) < 4.78 is 23.6. The summed E-state index contributed by atoms with van der Waals surface area (Å²) >= 11 is 0. The fourth-order valence-electron chi connectivity index (χ4n) is 1.70. The molecule has 0 N–H and O–H groups in total. The monoisotopic (exact) mass is 285 g/mol. The van der Waals surface area contributed by atoms with E-state index in [2.05, 4.69) is 0 Å². The summed E-state index contributed by atoms with van der Waals surface area (Å²) in [5, 5.41) is 8.67. The second-order valence-electron chi connectivity index (χ2n) is 4.20. The molecule has 0 aliphatic rings. The minimum absolute atomic E-state index is 0.0829. The first-order chi connectivity index (χ1) is 10.1. The molecule has 2 aromatic carbocycles. The summed E-state index contributed by atoms with van der Waals surface area (Å²) in [5.74, 6) is -0.390. The molecule has 0 amide bonds. The quantitative estimate of drug-likeness (QED) is 0.792. The van der Waals surface area contributed by atoms with Crippen LogP contribution in [0.2, 0.25) is 0 Å². The maximum absolute atomic E-state index is 13.5. The van der Waals surface area contributed by atoms with Gasteiger partial charge in [0.05, 0.1) is 18.7 Å². The lowest BCUT2D eigenvalue weighted by Crippen LogP contribution is -2.12. The fraction of sp³-hybridized carbons (Fsp3) is 0.125. The molecule has 2 rings (SSSR count). The van der Waals surface area contributed by atoms with Crippen LogP contribution in [0.5, 0.6) is 11.5 Å². The number of ether oxygens (including phenoxy) is 2. The third kappa shape index (κ3) is 3.57. The van der Waals surface area contributed by atoms with Crippen molar-refractivity contribution in [2.75, 3.05) is 13.7 Å². The number of benzene rings is 2. The number of Topliss-reactive ketones (excluding diaryl/α,β-unsaturated/α-hetero) is 1. The van der Waals surface area contributed by atoms with Crippen molar-refractivity contribution in [3.8, 4) is 17.6 Å². The molecule has 0 aromatic heterocycles. The molecule has 106 valence electrons. The van der Waals surface area contributed by atoms with Crippen LogP contribution in [0, 0.1) is 17.1 Å².